The van der Waals surface area contributed by atoms with Crippen LogP contribution in [0.5, 0.6) is 5.75 Å². The second-order valence-electron chi connectivity index (χ2n) is 4.48. The van der Waals surface area contributed by atoms with E-state index in [1.54, 1.807) is 12.4 Å². The molecule has 0 unspecified atom stereocenters. The highest BCUT2D eigenvalue weighted by Crippen LogP contribution is 2.31. The fourth-order valence-corrected chi connectivity index (χ4v) is 2.36. The molecule has 0 fully saturated rings. The minimum absolute atomic E-state index is 0.496. The van der Waals surface area contributed by atoms with Gasteiger partial charge in [0, 0.05) is 29.1 Å². The van der Waals surface area contributed by atoms with Gasteiger partial charge in [-0.05, 0) is 25.0 Å². The summed E-state index contributed by atoms with van der Waals surface area (Å²) in [5, 5.41) is 12.3. The van der Waals surface area contributed by atoms with Crippen molar-refractivity contribution in [3.63, 3.8) is 0 Å². The molecule has 0 amide bonds. The molecule has 0 saturated carbocycles. The largest absolute Gasteiger partial charge is 0.489 e. The first-order valence-electron chi connectivity index (χ1n) is 6.23. The number of hydrogen-bond acceptors (Lipinski definition) is 4. The summed E-state index contributed by atoms with van der Waals surface area (Å²) >= 11 is 0. The SMILES string of the molecule is ON=C1CCc2c(OCc3cccnc3)cccc21. The lowest BCUT2D eigenvalue weighted by Crippen LogP contribution is -1.99. The lowest BCUT2D eigenvalue weighted by molar-refractivity contribution is 0.303. The lowest BCUT2D eigenvalue weighted by Gasteiger charge is -2.10. The fourth-order valence-electron chi connectivity index (χ4n) is 2.36. The Balaban J connectivity index is 1.82. The zero-order valence-electron chi connectivity index (χ0n) is 10.4. The summed E-state index contributed by atoms with van der Waals surface area (Å²) in [4.78, 5) is 4.06. The topological polar surface area (TPSA) is 54.7 Å². The van der Waals surface area contributed by atoms with E-state index in [0.717, 1.165) is 41.0 Å². The van der Waals surface area contributed by atoms with E-state index in [2.05, 4.69) is 10.1 Å². The Morgan fingerprint density at radius 2 is 2.16 bits per heavy atom. The molecule has 0 saturated heterocycles. The first kappa shape index (κ1) is 11.7. The number of nitrogens with zero attached hydrogens (tertiary/aromatic N) is 2. The van der Waals surface area contributed by atoms with Crippen molar-refractivity contribution >= 4 is 5.71 Å². The van der Waals surface area contributed by atoms with Crippen molar-refractivity contribution in [3.05, 3.63) is 59.4 Å². The Labute approximate surface area is 111 Å². The van der Waals surface area contributed by atoms with Gasteiger partial charge in [-0.2, -0.15) is 0 Å². The van der Waals surface area contributed by atoms with Crippen molar-refractivity contribution in [1.29, 1.82) is 0 Å². The third-order valence-corrected chi connectivity index (χ3v) is 3.29. The highest BCUT2D eigenvalue weighted by molar-refractivity contribution is 6.04. The fraction of sp³-hybridized carbons (Fsp3) is 0.200. The maximum absolute atomic E-state index is 8.95. The molecule has 96 valence electrons. The first-order chi connectivity index (χ1) is 9.38. The third kappa shape index (κ3) is 2.29. The van der Waals surface area contributed by atoms with Crippen LogP contribution in [0.2, 0.25) is 0 Å². The molecule has 19 heavy (non-hydrogen) atoms. The number of fused-ring (bicyclic) bond motifs is 1. The predicted octanol–water partition coefficient (Wildman–Crippen LogP) is 2.79. The van der Waals surface area contributed by atoms with Gasteiger partial charge < -0.3 is 9.94 Å². The predicted molar refractivity (Wildman–Crippen MR) is 71.7 cm³/mol. The molecular formula is C15H14N2O2. The van der Waals surface area contributed by atoms with Crippen molar-refractivity contribution in [2.45, 2.75) is 19.4 Å². The van der Waals surface area contributed by atoms with Crippen LogP contribution in [-0.2, 0) is 13.0 Å². The maximum Gasteiger partial charge on any atom is 0.123 e. The van der Waals surface area contributed by atoms with Crippen LogP contribution in [0.15, 0.2) is 47.9 Å². The molecule has 0 spiro atoms. The zero-order chi connectivity index (χ0) is 13.1. The summed E-state index contributed by atoms with van der Waals surface area (Å²) in [7, 11) is 0. The van der Waals surface area contributed by atoms with E-state index >= 15 is 0 Å². The molecule has 4 heteroatoms. The van der Waals surface area contributed by atoms with Gasteiger partial charge in [0.05, 0.1) is 5.71 Å². The Hall–Kier alpha value is -2.36. The molecule has 1 heterocycles. The van der Waals surface area contributed by atoms with Crippen LogP contribution in [-0.4, -0.2) is 15.9 Å². The first-order valence-corrected chi connectivity index (χ1v) is 6.23. The molecule has 1 aliphatic rings. The number of benzene rings is 1. The molecule has 4 nitrogen and oxygen atoms in total. The minimum Gasteiger partial charge on any atom is -0.489 e. The van der Waals surface area contributed by atoms with Gasteiger partial charge in [0.25, 0.3) is 0 Å². The second-order valence-corrected chi connectivity index (χ2v) is 4.48. The molecule has 1 aromatic heterocycles. The molecule has 3 rings (SSSR count). The van der Waals surface area contributed by atoms with E-state index in [1.807, 2.05) is 30.3 Å². The molecule has 0 atom stereocenters. The molecule has 0 radical (unpaired) electrons. The summed E-state index contributed by atoms with van der Waals surface area (Å²) < 4.78 is 5.85. The van der Waals surface area contributed by atoms with Crippen molar-refractivity contribution in [3.8, 4) is 5.75 Å². The highest BCUT2D eigenvalue weighted by Gasteiger charge is 2.21. The lowest BCUT2D eigenvalue weighted by atomic mass is 10.1. The van der Waals surface area contributed by atoms with E-state index < -0.39 is 0 Å². The van der Waals surface area contributed by atoms with Crippen LogP contribution < -0.4 is 4.74 Å². The number of aromatic nitrogens is 1. The van der Waals surface area contributed by atoms with Crippen molar-refractivity contribution in [2.75, 3.05) is 0 Å². The normalized spacial score (nSPS) is 15.5. The maximum atomic E-state index is 8.95. The van der Waals surface area contributed by atoms with Crippen molar-refractivity contribution in [1.82, 2.24) is 4.98 Å². The summed E-state index contributed by atoms with van der Waals surface area (Å²) in [5.41, 5.74) is 3.89. The van der Waals surface area contributed by atoms with E-state index in [4.69, 9.17) is 9.94 Å². The standard InChI is InChI=1S/C15H14N2O2/c18-17-14-7-6-13-12(14)4-1-5-15(13)19-10-11-3-2-8-16-9-11/h1-5,8-9,18H,6-7,10H2. The van der Waals surface area contributed by atoms with Crippen molar-refractivity contribution < 1.29 is 9.94 Å². The van der Waals surface area contributed by atoms with Gasteiger partial charge in [-0.3, -0.25) is 4.98 Å². The van der Waals surface area contributed by atoms with Crippen LogP contribution in [0, 0.1) is 0 Å². The van der Waals surface area contributed by atoms with Gasteiger partial charge in [-0.25, -0.2) is 0 Å². The van der Waals surface area contributed by atoms with Gasteiger partial charge in [0.1, 0.15) is 12.4 Å². The Bertz CT molecular complexity index is 609. The third-order valence-electron chi connectivity index (χ3n) is 3.29. The van der Waals surface area contributed by atoms with Gasteiger partial charge in [0.2, 0.25) is 0 Å². The molecule has 0 aliphatic heterocycles. The number of oxime groups is 1. The summed E-state index contributed by atoms with van der Waals surface area (Å²) in [6, 6.07) is 9.72. The molecule has 1 aliphatic carbocycles. The van der Waals surface area contributed by atoms with Crippen LogP contribution >= 0.6 is 0 Å². The highest BCUT2D eigenvalue weighted by atomic mass is 16.5. The smallest absolute Gasteiger partial charge is 0.123 e. The van der Waals surface area contributed by atoms with Crippen LogP contribution in [0.25, 0.3) is 0 Å². The monoisotopic (exact) mass is 254 g/mol. The van der Waals surface area contributed by atoms with Crippen LogP contribution in [0.4, 0.5) is 0 Å². The molecular weight excluding hydrogens is 240 g/mol. The van der Waals surface area contributed by atoms with Gasteiger partial charge >= 0.3 is 0 Å². The molecule has 2 aromatic rings. The van der Waals surface area contributed by atoms with E-state index in [1.165, 1.54) is 0 Å². The average molecular weight is 254 g/mol. The minimum atomic E-state index is 0.496. The van der Waals surface area contributed by atoms with Crippen LogP contribution in [0.3, 0.4) is 0 Å². The van der Waals surface area contributed by atoms with E-state index in [0.29, 0.717) is 6.61 Å². The van der Waals surface area contributed by atoms with E-state index in [9.17, 15) is 0 Å². The molecule has 1 N–H and O–H groups in total. The van der Waals surface area contributed by atoms with Crippen molar-refractivity contribution in [2.24, 2.45) is 5.16 Å². The quantitative estimate of drug-likeness (QED) is 0.677. The number of rotatable bonds is 3. The average Bonchev–Trinajstić information content (AvgIpc) is 2.90. The zero-order valence-corrected chi connectivity index (χ0v) is 10.4. The van der Waals surface area contributed by atoms with Gasteiger partial charge in [0.15, 0.2) is 0 Å². The summed E-state index contributed by atoms with van der Waals surface area (Å²) in [5.74, 6) is 0.861. The summed E-state index contributed by atoms with van der Waals surface area (Å²) in [6.45, 7) is 0.496. The van der Waals surface area contributed by atoms with Gasteiger partial charge in [-0.1, -0.05) is 23.4 Å². The molecule has 0 bridgehead atoms. The molecule has 1 aromatic carbocycles. The van der Waals surface area contributed by atoms with Gasteiger partial charge in [-0.15, -0.1) is 0 Å². The Kier molecular flexibility index (Phi) is 3.14. The van der Waals surface area contributed by atoms with E-state index in [-0.39, 0.29) is 0 Å². The Morgan fingerprint density at radius 3 is 2.95 bits per heavy atom. The number of pyridine rings is 1. The van der Waals surface area contributed by atoms with Crippen LogP contribution in [0.1, 0.15) is 23.1 Å². The number of ether oxygens (including phenoxy) is 1. The second kappa shape index (κ2) is 5.10. The Morgan fingerprint density at radius 1 is 1.21 bits per heavy atom. The summed E-state index contributed by atoms with van der Waals surface area (Å²) in [6.07, 6.45) is 5.16. The number of hydrogen-bond donors (Lipinski definition) is 1.